The number of aromatic nitrogens is 4. The Kier molecular flexibility index (Phi) is 7.54. The topological polar surface area (TPSA) is 118 Å². The summed E-state index contributed by atoms with van der Waals surface area (Å²) in [6, 6.07) is -2.29. The number of urea groups is 1. The molecule has 0 unspecified atom stereocenters. The number of fused-ring (bicyclic) bond motifs is 1. The van der Waals surface area contributed by atoms with Crippen LogP contribution >= 0.6 is 0 Å². The fourth-order valence-corrected chi connectivity index (χ4v) is 5.09. The van der Waals surface area contributed by atoms with E-state index in [1.165, 1.54) is 23.0 Å². The summed E-state index contributed by atoms with van der Waals surface area (Å²) in [5.74, 6) is -4.13. The van der Waals surface area contributed by atoms with Crippen LogP contribution in [0.2, 0.25) is 0 Å². The number of imidazole rings is 1. The molecule has 0 spiro atoms. The van der Waals surface area contributed by atoms with Crippen LogP contribution in [0.15, 0.2) is 29.2 Å². The highest BCUT2D eigenvalue weighted by atomic mass is 19.4. The Labute approximate surface area is 227 Å². The number of nitrogens with one attached hydrogen (secondary N) is 2. The first-order valence-electron chi connectivity index (χ1n) is 12.7. The lowest BCUT2D eigenvalue weighted by atomic mass is 9.81. The van der Waals surface area contributed by atoms with Crippen LogP contribution in [0.5, 0.6) is 0 Å². The number of amides is 3. The van der Waals surface area contributed by atoms with Gasteiger partial charge >= 0.3 is 12.2 Å². The molecule has 1 aliphatic carbocycles. The van der Waals surface area contributed by atoms with Crippen LogP contribution in [0, 0.1) is 5.92 Å². The molecular weight excluding hydrogens is 567 g/mol. The molecule has 17 heteroatoms. The maximum atomic E-state index is 13.9. The van der Waals surface area contributed by atoms with Crippen molar-refractivity contribution in [1.82, 2.24) is 35.3 Å². The molecule has 2 N–H and O–H groups in total. The number of hydrogen-bond donors (Lipinski definition) is 2. The van der Waals surface area contributed by atoms with Crippen LogP contribution in [0.1, 0.15) is 59.0 Å². The van der Waals surface area contributed by atoms with Gasteiger partial charge in [-0.1, -0.05) is 5.16 Å². The molecular formula is C24H24F7N7O3. The largest absolute Gasteiger partial charge is 0.410 e. The normalized spacial score (nSPS) is 20.5. The van der Waals surface area contributed by atoms with E-state index in [1.54, 1.807) is 0 Å². The van der Waals surface area contributed by atoms with Gasteiger partial charge in [0.1, 0.15) is 23.6 Å². The van der Waals surface area contributed by atoms with E-state index >= 15 is 0 Å². The van der Waals surface area contributed by atoms with Crippen LogP contribution in [0.25, 0.3) is 5.65 Å². The van der Waals surface area contributed by atoms with E-state index in [9.17, 15) is 40.3 Å². The minimum Gasteiger partial charge on any atom is -0.364 e. The molecule has 5 rings (SSSR count). The highest BCUT2D eigenvalue weighted by molar-refractivity contribution is 5.95. The quantitative estimate of drug-likeness (QED) is 0.378. The van der Waals surface area contributed by atoms with Crippen molar-refractivity contribution in [3.8, 4) is 0 Å². The fraction of sp³-hybridized carbons (Fsp3) is 0.542. The van der Waals surface area contributed by atoms with Gasteiger partial charge in [0.2, 0.25) is 12.3 Å². The zero-order valence-corrected chi connectivity index (χ0v) is 21.2. The summed E-state index contributed by atoms with van der Waals surface area (Å²) in [6.45, 7) is -0.758. The summed E-state index contributed by atoms with van der Waals surface area (Å²) in [5, 5.41) is 12.2. The third-order valence-electron chi connectivity index (χ3n) is 7.23. The third kappa shape index (κ3) is 6.37. The predicted octanol–water partition coefficient (Wildman–Crippen LogP) is 4.28. The smallest absolute Gasteiger partial charge is 0.364 e. The highest BCUT2D eigenvalue weighted by Gasteiger charge is 2.47. The molecule has 2 atom stereocenters. The zero-order chi connectivity index (χ0) is 29.5. The summed E-state index contributed by atoms with van der Waals surface area (Å²) in [4.78, 5) is 30.6. The monoisotopic (exact) mass is 591 g/mol. The standard InChI is InChI=1S/C24H24F7N7O3/c25-18(26)6-15-14(11-41-36-15)21(39)35-20(13-1-3-23(27,28)4-2-13)16-9-38-19(33-16)5-12(7-32-38)8-37-10-17(24(29,30)31)34-22(37)40/h5,7,9,11,13,17-18,20H,1-4,6,8,10H2,(H,34,40)(H,35,39)/t17-,20-/m0/s1. The molecule has 3 aromatic rings. The second kappa shape index (κ2) is 10.8. The van der Waals surface area contributed by atoms with Crippen LogP contribution in [0.4, 0.5) is 35.5 Å². The Bertz CT molecular complexity index is 1410. The minimum absolute atomic E-state index is 0.0441. The van der Waals surface area contributed by atoms with Crippen molar-refractivity contribution in [2.24, 2.45) is 5.92 Å². The number of hydrogen-bond acceptors (Lipinski definition) is 6. The summed E-state index contributed by atoms with van der Waals surface area (Å²) < 4.78 is 98.7. The fourth-order valence-electron chi connectivity index (χ4n) is 5.09. The molecule has 0 radical (unpaired) electrons. The SMILES string of the molecule is O=C(N[C@H](c1cn2ncc(CN3C[C@@H](C(F)(F)F)NC3=O)cc2n1)C1CCC(F)(F)CC1)c1conc1CC(F)F. The molecule has 2 aliphatic rings. The van der Waals surface area contributed by atoms with Gasteiger partial charge in [0.25, 0.3) is 5.91 Å². The van der Waals surface area contributed by atoms with Crippen molar-refractivity contribution in [2.45, 2.75) is 69.3 Å². The Balaban J connectivity index is 1.39. The Morgan fingerprint density at radius 2 is 1.98 bits per heavy atom. The second-order valence-corrected chi connectivity index (χ2v) is 10.2. The molecule has 0 aromatic carbocycles. The van der Waals surface area contributed by atoms with Crippen molar-refractivity contribution < 1.29 is 44.8 Å². The van der Waals surface area contributed by atoms with E-state index in [0.717, 1.165) is 11.2 Å². The van der Waals surface area contributed by atoms with Crippen molar-refractivity contribution in [3.05, 3.63) is 47.2 Å². The number of carbonyl (C=O) groups is 2. The van der Waals surface area contributed by atoms with Crippen molar-refractivity contribution in [3.63, 3.8) is 0 Å². The molecule has 4 heterocycles. The zero-order valence-electron chi connectivity index (χ0n) is 21.2. The highest BCUT2D eigenvalue weighted by Crippen LogP contribution is 2.41. The maximum Gasteiger partial charge on any atom is 0.410 e. The Hall–Kier alpha value is -3.92. The number of alkyl halides is 7. The summed E-state index contributed by atoms with van der Waals surface area (Å²) in [6.07, 6.45) is -5.21. The van der Waals surface area contributed by atoms with E-state index in [2.05, 4.69) is 20.6 Å². The number of halogens is 7. The second-order valence-electron chi connectivity index (χ2n) is 10.2. The molecule has 0 bridgehead atoms. The first-order chi connectivity index (χ1) is 19.3. The predicted molar refractivity (Wildman–Crippen MR) is 125 cm³/mol. The van der Waals surface area contributed by atoms with E-state index in [0.29, 0.717) is 5.56 Å². The van der Waals surface area contributed by atoms with E-state index in [1.807, 2.05) is 5.32 Å². The lowest BCUT2D eigenvalue weighted by Crippen LogP contribution is -2.40. The number of rotatable bonds is 8. The molecule has 10 nitrogen and oxygen atoms in total. The Morgan fingerprint density at radius 3 is 2.63 bits per heavy atom. The van der Waals surface area contributed by atoms with Gasteiger partial charge in [-0.05, 0) is 30.4 Å². The van der Waals surface area contributed by atoms with Crippen LogP contribution < -0.4 is 10.6 Å². The Morgan fingerprint density at radius 1 is 1.24 bits per heavy atom. The molecule has 41 heavy (non-hydrogen) atoms. The number of nitrogens with zero attached hydrogens (tertiary/aromatic N) is 5. The molecule has 1 saturated heterocycles. The number of carbonyl (C=O) groups excluding carboxylic acids is 2. The first-order valence-corrected chi connectivity index (χ1v) is 12.7. The van der Waals surface area contributed by atoms with Gasteiger partial charge in [0, 0.05) is 19.4 Å². The lowest BCUT2D eigenvalue weighted by Gasteiger charge is -2.33. The van der Waals surface area contributed by atoms with Crippen molar-refractivity contribution in [1.29, 1.82) is 0 Å². The van der Waals surface area contributed by atoms with Crippen LogP contribution in [0.3, 0.4) is 0 Å². The van der Waals surface area contributed by atoms with Crippen LogP contribution in [-0.2, 0) is 13.0 Å². The van der Waals surface area contributed by atoms with Crippen LogP contribution in [-0.4, -0.2) is 67.7 Å². The molecule has 222 valence electrons. The van der Waals surface area contributed by atoms with Gasteiger partial charge in [-0.2, -0.15) is 18.3 Å². The summed E-state index contributed by atoms with van der Waals surface area (Å²) in [5.41, 5.74) is 0.383. The summed E-state index contributed by atoms with van der Waals surface area (Å²) >= 11 is 0. The van der Waals surface area contributed by atoms with Crippen molar-refractivity contribution >= 4 is 17.6 Å². The molecule has 1 saturated carbocycles. The van der Waals surface area contributed by atoms with E-state index in [-0.39, 0.29) is 42.0 Å². The van der Waals surface area contributed by atoms with Crippen molar-refractivity contribution in [2.75, 3.05) is 6.54 Å². The lowest BCUT2D eigenvalue weighted by molar-refractivity contribution is -0.149. The van der Waals surface area contributed by atoms with Gasteiger partial charge < -0.3 is 20.1 Å². The maximum absolute atomic E-state index is 13.9. The third-order valence-corrected chi connectivity index (χ3v) is 7.23. The average Bonchev–Trinajstić information content (AvgIpc) is 3.61. The molecule has 1 aliphatic heterocycles. The molecule has 2 fully saturated rings. The van der Waals surface area contributed by atoms with Gasteiger partial charge in [-0.15, -0.1) is 0 Å². The minimum atomic E-state index is -4.60. The van der Waals surface area contributed by atoms with E-state index in [4.69, 9.17) is 4.52 Å². The van der Waals surface area contributed by atoms with Gasteiger partial charge in [-0.25, -0.2) is 31.9 Å². The van der Waals surface area contributed by atoms with Gasteiger partial charge in [0.05, 0.1) is 37.1 Å². The molecule has 3 aromatic heterocycles. The first kappa shape index (κ1) is 28.6. The summed E-state index contributed by atoms with van der Waals surface area (Å²) in [7, 11) is 0. The van der Waals surface area contributed by atoms with Gasteiger partial charge in [0.15, 0.2) is 5.65 Å². The average molecular weight is 591 g/mol. The van der Waals surface area contributed by atoms with E-state index < -0.39 is 74.3 Å². The molecule has 3 amide bonds. The van der Waals surface area contributed by atoms with Gasteiger partial charge in [-0.3, -0.25) is 4.79 Å².